The first-order chi connectivity index (χ1) is 15.7. The van der Waals surface area contributed by atoms with Crippen LogP contribution in [0.15, 0.2) is 79.0 Å². The number of pyridine rings is 1. The predicted octanol–water partition coefficient (Wildman–Crippen LogP) is 5.10. The molecule has 0 aliphatic rings. The summed E-state index contributed by atoms with van der Waals surface area (Å²) in [5.41, 5.74) is 4.57. The highest BCUT2D eigenvalue weighted by Crippen LogP contribution is 2.27. The summed E-state index contributed by atoms with van der Waals surface area (Å²) in [5.74, 6) is 1.17. The van der Waals surface area contributed by atoms with Crippen LogP contribution in [0.3, 0.4) is 0 Å². The van der Waals surface area contributed by atoms with Gasteiger partial charge >= 0.3 is 0 Å². The van der Waals surface area contributed by atoms with E-state index in [4.69, 9.17) is 9.47 Å². The Labute approximate surface area is 187 Å². The molecule has 1 aromatic heterocycles. The van der Waals surface area contributed by atoms with Gasteiger partial charge < -0.3 is 20.1 Å². The monoisotopic (exact) mass is 427 g/mol. The highest BCUT2D eigenvalue weighted by molar-refractivity contribution is 5.96. The summed E-state index contributed by atoms with van der Waals surface area (Å²) in [4.78, 5) is 16.9. The Hall–Kier alpha value is -4.06. The van der Waals surface area contributed by atoms with Gasteiger partial charge in [-0.05, 0) is 55.0 Å². The first-order valence-corrected chi connectivity index (χ1v) is 10.4. The largest absolute Gasteiger partial charge is 0.493 e. The van der Waals surface area contributed by atoms with Gasteiger partial charge in [0.1, 0.15) is 6.61 Å². The quantitative estimate of drug-likeness (QED) is 0.383. The second-order valence-electron chi connectivity index (χ2n) is 7.29. The Morgan fingerprint density at radius 3 is 2.50 bits per heavy atom. The summed E-state index contributed by atoms with van der Waals surface area (Å²) in [6, 6.07) is 22.9. The number of amides is 1. The van der Waals surface area contributed by atoms with Crippen LogP contribution >= 0.6 is 0 Å². The van der Waals surface area contributed by atoms with Crippen LogP contribution in [0.1, 0.15) is 15.9 Å². The van der Waals surface area contributed by atoms with Gasteiger partial charge in [0.05, 0.1) is 19.2 Å². The number of ether oxygens (including phenoxy) is 2. The van der Waals surface area contributed by atoms with Crippen molar-refractivity contribution in [2.24, 2.45) is 0 Å². The van der Waals surface area contributed by atoms with Gasteiger partial charge in [-0.3, -0.25) is 9.78 Å². The van der Waals surface area contributed by atoms with E-state index in [1.807, 2.05) is 67.6 Å². The molecule has 0 saturated heterocycles. The van der Waals surface area contributed by atoms with Crippen LogP contribution in [0.2, 0.25) is 0 Å². The fraction of sp³-hybridized carbons (Fsp3) is 0.154. The van der Waals surface area contributed by atoms with E-state index in [0.717, 1.165) is 27.8 Å². The Balaban J connectivity index is 1.34. The number of hydrogen-bond donors (Lipinski definition) is 2. The third kappa shape index (κ3) is 4.81. The smallest absolute Gasteiger partial charge is 0.251 e. The maximum absolute atomic E-state index is 12.4. The van der Waals surface area contributed by atoms with Gasteiger partial charge in [-0.2, -0.15) is 0 Å². The molecule has 3 aromatic carbocycles. The van der Waals surface area contributed by atoms with E-state index in [2.05, 4.69) is 15.6 Å². The number of anilines is 2. The summed E-state index contributed by atoms with van der Waals surface area (Å²) in [5, 5.41) is 7.35. The van der Waals surface area contributed by atoms with Crippen LogP contribution in [-0.2, 0) is 0 Å². The number of methoxy groups -OCH3 is 1. The topological polar surface area (TPSA) is 72.5 Å². The third-order valence-corrected chi connectivity index (χ3v) is 5.11. The first kappa shape index (κ1) is 21.2. The molecular weight excluding hydrogens is 402 g/mol. The Morgan fingerprint density at radius 2 is 1.72 bits per heavy atom. The molecule has 6 nitrogen and oxygen atoms in total. The van der Waals surface area contributed by atoms with E-state index in [1.165, 1.54) is 0 Å². The molecule has 0 atom stereocenters. The summed E-state index contributed by atoms with van der Waals surface area (Å²) in [7, 11) is 1.60. The van der Waals surface area contributed by atoms with Gasteiger partial charge in [0.2, 0.25) is 0 Å². The van der Waals surface area contributed by atoms with E-state index in [9.17, 15) is 4.79 Å². The standard InChI is InChI=1S/C26H25N3O3/c1-18-6-5-7-21-22(14-15-27-25(18)21)29-20-12-10-19(11-13-20)26(30)28-16-17-32-24-9-4-3-8-23(24)31-2/h3-15H,16-17H2,1-2H3,(H,27,29)(H,28,30). The molecule has 6 heteroatoms. The van der Waals surface area contributed by atoms with Crippen molar-refractivity contribution in [3.63, 3.8) is 0 Å². The predicted molar refractivity (Wildman–Crippen MR) is 127 cm³/mol. The van der Waals surface area contributed by atoms with Gasteiger partial charge in [0.25, 0.3) is 5.91 Å². The second-order valence-corrected chi connectivity index (χ2v) is 7.29. The minimum atomic E-state index is -0.148. The average molecular weight is 428 g/mol. The lowest BCUT2D eigenvalue weighted by atomic mass is 10.1. The number of carbonyl (C=O) groups excluding carboxylic acids is 1. The molecule has 0 unspecified atom stereocenters. The highest BCUT2D eigenvalue weighted by atomic mass is 16.5. The Morgan fingerprint density at radius 1 is 0.938 bits per heavy atom. The second kappa shape index (κ2) is 9.83. The lowest BCUT2D eigenvalue weighted by Gasteiger charge is -2.12. The maximum Gasteiger partial charge on any atom is 0.251 e. The number of aryl methyl sites for hydroxylation is 1. The molecule has 4 aromatic rings. The van der Waals surface area contributed by atoms with Crippen molar-refractivity contribution in [3.05, 3.63) is 90.1 Å². The van der Waals surface area contributed by atoms with Crippen molar-refractivity contribution in [1.82, 2.24) is 10.3 Å². The van der Waals surface area contributed by atoms with Crippen molar-refractivity contribution in [2.45, 2.75) is 6.92 Å². The molecule has 0 spiro atoms. The number of nitrogens with one attached hydrogen (secondary N) is 2. The molecule has 32 heavy (non-hydrogen) atoms. The number of para-hydroxylation sites is 3. The van der Waals surface area contributed by atoms with Gasteiger partial charge in [0.15, 0.2) is 11.5 Å². The zero-order valence-corrected chi connectivity index (χ0v) is 18.1. The van der Waals surface area contributed by atoms with Gasteiger partial charge in [-0.15, -0.1) is 0 Å². The van der Waals surface area contributed by atoms with Crippen molar-refractivity contribution in [3.8, 4) is 11.5 Å². The van der Waals surface area contributed by atoms with Crippen LogP contribution in [-0.4, -0.2) is 31.2 Å². The van der Waals surface area contributed by atoms with E-state index < -0.39 is 0 Å². The van der Waals surface area contributed by atoms with Gasteiger partial charge in [0, 0.05) is 28.5 Å². The fourth-order valence-electron chi connectivity index (χ4n) is 3.46. The van der Waals surface area contributed by atoms with Crippen LogP contribution in [0.4, 0.5) is 11.4 Å². The first-order valence-electron chi connectivity index (χ1n) is 10.4. The van der Waals surface area contributed by atoms with Crippen molar-refractivity contribution < 1.29 is 14.3 Å². The summed E-state index contributed by atoms with van der Waals surface area (Å²) < 4.78 is 10.9. The number of carbonyl (C=O) groups is 1. The number of hydrogen-bond acceptors (Lipinski definition) is 5. The molecule has 4 rings (SSSR count). The number of benzene rings is 3. The van der Waals surface area contributed by atoms with Gasteiger partial charge in [-0.25, -0.2) is 0 Å². The summed E-state index contributed by atoms with van der Waals surface area (Å²) >= 11 is 0. The van der Waals surface area contributed by atoms with Crippen LogP contribution in [0, 0.1) is 6.92 Å². The number of fused-ring (bicyclic) bond motifs is 1. The molecule has 0 radical (unpaired) electrons. The zero-order chi connectivity index (χ0) is 22.3. The Bertz CT molecular complexity index is 1220. The number of rotatable bonds is 8. The average Bonchev–Trinajstić information content (AvgIpc) is 2.83. The summed E-state index contributed by atoms with van der Waals surface area (Å²) in [6.07, 6.45) is 1.80. The number of aromatic nitrogens is 1. The number of nitrogens with zero attached hydrogens (tertiary/aromatic N) is 1. The Kier molecular flexibility index (Phi) is 6.51. The van der Waals surface area contributed by atoms with Crippen LogP contribution in [0.25, 0.3) is 10.9 Å². The highest BCUT2D eigenvalue weighted by Gasteiger charge is 2.08. The van der Waals surface area contributed by atoms with E-state index in [0.29, 0.717) is 30.2 Å². The van der Waals surface area contributed by atoms with Gasteiger partial charge in [-0.1, -0.05) is 30.3 Å². The lowest BCUT2D eigenvalue weighted by Crippen LogP contribution is -2.28. The molecule has 0 aliphatic carbocycles. The van der Waals surface area contributed by atoms with Crippen molar-refractivity contribution in [2.75, 3.05) is 25.6 Å². The van der Waals surface area contributed by atoms with Crippen LogP contribution < -0.4 is 20.1 Å². The van der Waals surface area contributed by atoms with Crippen molar-refractivity contribution in [1.29, 1.82) is 0 Å². The molecule has 2 N–H and O–H groups in total. The molecule has 0 saturated carbocycles. The normalized spacial score (nSPS) is 10.6. The van der Waals surface area contributed by atoms with E-state index >= 15 is 0 Å². The third-order valence-electron chi connectivity index (χ3n) is 5.11. The molecular formula is C26H25N3O3. The van der Waals surface area contributed by atoms with Crippen molar-refractivity contribution >= 4 is 28.2 Å². The maximum atomic E-state index is 12.4. The molecule has 1 amide bonds. The molecule has 1 heterocycles. The zero-order valence-electron chi connectivity index (χ0n) is 18.1. The van der Waals surface area contributed by atoms with E-state index in [1.54, 1.807) is 25.4 Å². The lowest BCUT2D eigenvalue weighted by molar-refractivity contribution is 0.0947. The minimum Gasteiger partial charge on any atom is -0.493 e. The fourth-order valence-corrected chi connectivity index (χ4v) is 3.46. The molecule has 0 bridgehead atoms. The molecule has 162 valence electrons. The SMILES string of the molecule is COc1ccccc1OCCNC(=O)c1ccc(Nc2ccnc3c(C)cccc23)cc1. The minimum absolute atomic E-state index is 0.148. The summed E-state index contributed by atoms with van der Waals surface area (Å²) in [6.45, 7) is 2.79. The molecule has 0 aliphatic heterocycles. The van der Waals surface area contributed by atoms with Crippen LogP contribution in [0.5, 0.6) is 11.5 Å². The molecule has 0 fully saturated rings. The van der Waals surface area contributed by atoms with E-state index in [-0.39, 0.29) is 5.91 Å².